The fraction of sp³-hybridized carbons (Fsp3) is 0.167. The number of nitrogens with two attached hydrogens (primary N) is 1. The lowest BCUT2D eigenvalue weighted by Gasteiger charge is -2.50. The molecule has 2 aliphatic heterocycles. The number of aromatic nitrogens is 4. The second-order valence-electron chi connectivity index (χ2n) is 13.7. The molecule has 2 amide bonds. The Kier molecular flexibility index (Phi) is 10.9. The third-order valence-corrected chi connectivity index (χ3v) is 11.7. The molecule has 0 unspecified atom stereocenters. The van der Waals surface area contributed by atoms with Gasteiger partial charge in [0, 0.05) is 33.0 Å². The Labute approximate surface area is 350 Å². The van der Waals surface area contributed by atoms with Crippen LogP contribution in [-0.4, -0.2) is 71.5 Å². The molecule has 3 aromatic heterocycles. The van der Waals surface area contributed by atoms with E-state index in [1.165, 1.54) is 33.9 Å². The monoisotopic (exact) mass is 841 g/mol. The van der Waals surface area contributed by atoms with E-state index in [-0.39, 0.29) is 46.9 Å². The number of amides is 2. The molecule has 1 fully saturated rings. The zero-order valence-electron chi connectivity index (χ0n) is 31.8. The average molecular weight is 842 g/mol. The Hall–Kier alpha value is -7.31. The highest BCUT2D eigenvalue weighted by molar-refractivity contribution is 7.13. The number of hydrogen-bond donors (Lipinski definition) is 2. The summed E-state index contributed by atoms with van der Waals surface area (Å²) < 4.78 is 6.76. The molecule has 2 atom stereocenters. The zero-order valence-corrected chi connectivity index (χ0v) is 33.5. The maximum atomic E-state index is 14.4. The first kappa shape index (κ1) is 39.5. The van der Waals surface area contributed by atoms with E-state index in [1.807, 2.05) is 91.0 Å². The van der Waals surface area contributed by atoms with Crippen LogP contribution in [0.4, 0.5) is 10.9 Å². The lowest BCUT2D eigenvalue weighted by atomic mass is 9.80. The highest BCUT2D eigenvalue weighted by atomic mass is 32.1. The van der Waals surface area contributed by atoms with Crippen LogP contribution in [0.3, 0.4) is 0 Å². The number of carbonyl (C=O) groups excluding carboxylic acids is 3. The normalized spacial score (nSPS) is 16.4. The number of nitro groups is 1. The minimum atomic E-state index is -1.33. The molecule has 5 heterocycles. The zero-order chi connectivity index (χ0) is 42.0. The Morgan fingerprint density at radius 1 is 1.02 bits per heavy atom. The molecule has 6 aromatic rings. The summed E-state index contributed by atoms with van der Waals surface area (Å²) in [5.74, 6) is -2.03. The molecule has 0 radical (unpaired) electrons. The van der Waals surface area contributed by atoms with Crippen molar-refractivity contribution in [3.05, 3.63) is 164 Å². The van der Waals surface area contributed by atoms with Crippen LogP contribution in [0.15, 0.2) is 131 Å². The molecule has 2 aliphatic rings. The van der Waals surface area contributed by atoms with E-state index in [1.54, 1.807) is 10.8 Å². The number of benzene rings is 3. The van der Waals surface area contributed by atoms with Crippen molar-refractivity contribution in [3.63, 3.8) is 0 Å². The van der Waals surface area contributed by atoms with Crippen molar-refractivity contribution in [2.45, 2.75) is 30.5 Å². The summed E-state index contributed by atoms with van der Waals surface area (Å²) in [7, 11) is 1.51. The van der Waals surface area contributed by atoms with Gasteiger partial charge in [-0.2, -0.15) is 0 Å². The van der Waals surface area contributed by atoms with Crippen LogP contribution in [0.2, 0.25) is 0 Å². The summed E-state index contributed by atoms with van der Waals surface area (Å²) in [6.07, 6.45) is 3.18. The molecule has 8 rings (SSSR count). The van der Waals surface area contributed by atoms with E-state index in [0.717, 1.165) is 34.2 Å². The molecule has 0 aliphatic carbocycles. The standard InChI is InChI=1S/C42H35N9O7S2/c1-3-21-57-40(54)35-28(29-23-59-38(45-29)36-44-22-32(49(36)2)51(55)56)19-20-31-34(39(53)50(31)35)47-37(52)33(30-24-60-41(43)46-30)48-58-42(25-13-7-4-8-14-25,26-15-9-5-10-16-26)27-17-11-6-12-18-27/h3-18,22-24,31,34H,1,19-21H2,2H3,(H2,43,46)(H,47,52)/b48-33-/t31-,34+/m1/s1. The van der Waals surface area contributed by atoms with E-state index in [4.69, 9.17) is 15.3 Å². The van der Waals surface area contributed by atoms with Crippen LogP contribution in [-0.2, 0) is 36.6 Å². The summed E-state index contributed by atoms with van der Waals surface area (Å²) >= 11 is 2.29. The van der Waals surface area contributed by atoms with Crippen LogP contribution in [0.1, 0.15) is 40.9 Å². The van der Waals surface area contributed by atoms with Gasteiger partial charge < -0.3 is 30.7 Å². The lowest BCUT2D eigenvalue weighted by Crippen LogP contribution is -2.72. The molecule has 302 valence electrons. The second-order valence-corrected chi connectivity index (χ2v) is 15.4. The summed E-state index contributed by atoms with van der Waals surface area (Å²) in [5.41, 5.74) is 7.66. The largest absolute Gasteiger partial charge is 0.457 e. The number of nitrogens with one attached hydrogen (secondary N) is 1. The SMILES string of the molecule is C=CCOC(=O)C1=C(c2csc(-c3ncc([N+](=O)[O-])n3C)n2)CC[C@@H]2[C@H](NC(=O)/C(=N\OC(c3ccccc3)(c3ccccc3)c3ccccc3)c3csc(N)n3)C(=O)N12. The summed E-state index contributed by atoms with van der Waals surface area (Å²) in [6, 6.07) is 26.8. The predicted octanol–water partition coefficient (Wildman–Crippen LogP) is 5.83. The first-order valence-corrected chi connectivity index (χ1v) is 20.3. The molecule has 16 nitrogen and oxygen atoms in total. The number of hydrogen-bond acceptors (Lipinski definition) is 14. The van der Waals surface area contributed by atoms with Crippen molar-refractivity contribution in [3.8, 4) is 10.8 Å². The number of anilines is 1. The number of carbonyl (C=O) groups is 3. The van der Waals surface area contributed by atoms with Gasteiger partial charge in [0.05, 0.1) is 18.8 Å². The molecule has 60 heavy (non-hydrogen) atoms. The number of thiazole rings is 2. The van der Waals surface area contributed by atoms with Gasteiger partial charge in [-0.05, 0) is 17.8 Å². The fourth-order valence-corrected chi connectivity index (χ4v) is 8.80. The highest BCUT2D eigenvalue weighted by Gasteiger charge is 2.54. The third-order valence-electron chi connectivity index (χ3n) is 10.2. The lowest BCUT2D eigenvalue weighted by molar-refractivity contribution is -0.391. The maximum Gasteiger partial charge on any atom is 0.355 e. The average Bonchev–Trinajstić information content (AvgIpc) is 4.04. The van der Waals surface area contributed by atoms with Gasteiger partial charge in [-0.15, -0.1) is 22.7 Å². The minimum Gasteiger partial charge on any atom is -0.457 e. The van der Waals surface area contributed by atoms with Crippen LogP contribution in [0.25, 0.3) is 16.4 Å². The summed E-state index contributed by atoms with van der Waals surface area (Å²) in [5, 5.41) is 22.7. The van der Waals surface area contributed by atoms with Crippen LogP contribution in [0.5, 0.6) is 0 Å². The van der Waals surface area contributed by atoms with Crippen molar-refractivity contribution in [2.75, 3.05) is 12.3 Å². The van der Waals surface area contributed by atoms with Gasteiger partial charge in [0.2, 0.25) is 5.60 Å². The highest BCUT2D eigenvalue weighted by Crippen LogP contribution is 2.43. The Morgan fingerprint density at radius 2 is 1.65 bits per heavy atom. The molecule has 0 saturated carbocycles. The van der Waals surface area contributed by atoms with Crippen molar-refractivity contribution in [2.24, 2.45) is 12.2 Å². The predicted molar refractivity (Wildman–Crippen MR) is 224 cm³/mol. The van der Waals surface area contributed by atoms with Gasteiger partial charge in [-0.25, -0.2) is 24.3 Å². The van der Waals surface area contributed by atoms with Gasteiger partial charge in [-0.3, -0.25) is 14.5 Å². The first-order valence-electron chi connectivity index (χ1n) is 18.5. The van der Waals surface area contributed by atoms with Crippen LogP contribution in [0, 0.1) is 10.1 Å². The Morgan fingerprint density at radius 3 is 2.20 bits per heavy atom. The second kappa shape index (κ2) is 16.5. The Balaban J connectivity index is 1.13. The smallest absolute Gasteiger partial charge is 0.355 e. The molecule has 3 N–H and O–H groups in total. The van der Waals surface area contributed by atoms with E-state index >= 15 is 0 Å². The summed E-state index contributed by atoms with van der Waals surface area (Å²) in [4.78, 5) is 74.2. The number of rotatable bonds is 14. The molecule has 0 spiro atoms. The number of β-lactam (4-membered cyclic amide) rings is 1. The van der Waals surface area contributed by atoms with Gasteiger partial charge >= 0.3 is 11.8 Å². The van der Waals surface area contributed by atoms with Crippen LogP contribution >= 0.6 is 22.7 Å². The summed E-state index contributed by atoms with van der Waals surface area (Å²) in [6.45, 7) is 3.51. The Bertz CT molecular complexity index is 2580. The van der Waals surface area contributed by atoms with Gasteiger partial charge in [0.25, 0.3) is 17.6 Å². The van der Waals surface area contributed by atoms with Gasteiger partial charge in [0.15, 0.2) is 15.9 Å². The van der Waals surface area contributed by atoms with Gasteiger partial charge in [-0.1, -0.05) is 109 Å². The van der Waals surface area contributed by atoms with Crippen LogP contribution < -0.4 is 11.1 Å². The number of oxime groups is 1. The number of imidazole rings is 1. The molecule has 0 bridgehead atoms. The fourth-order valence-electron chi connectivity index (χ4n) is 7.39. The minimum absolute atomic E-state index is 0.0193. The third kappa shape index (κ3) is 7.11. The molecular formula is C42H35N9O7S2. The topological polar surface area (TPSA) is 210 Å². The van der Waals surface area contributed by atoms with E-state index < -0.39 is 40.4 Å². The van der Waals surface area contributed by atoms with E-state index in [9.17, 15) is 24.5 Å². The number of allylic oxidation sites excluding steroid dienone is 1. The molecule has 3 aromatic carbocycles. The van der Waals surface area contributed by atoms with Gasteiger partial charge in [0.1, 0.15) is 30.2 Å². The first-order chi connectivity index (χ1) is 29.1. The van der Waals surface area contributed by atoms with Crippen molar-refractivity contribution >= 4 is 62.7 Å². The van der Waals surface area contributed by atoms with E-state index in [2.05, 4.69) is 32.0 Å². The number of nitrogens with zero attached hydrogens (tertiary/aromatic N) is 7. The quantitative estimate of drug-likeness (QED) is 0.0253. The number of fused-ring (bicyclic) bond motifs is 1. The molecule has 18 heteroatoms. The molecule has 1 saturated heterocycles. The van der Waals surface area contributed by atoms with Crippen molar-refractivity contribution < 1.29 is 28.9 Å². The van der Waals surface area contributed by atoms with Crippen molar-refractivity contribution in [1.82, 2.24) is 29.7 Å². The number of nitrogen functional groups attached to an aromatic ring is 1. The number of ether oxygens (including phenoxy) is 1. The van der Waals surface area contributed by atoms with E-state index in [0.29, 0.717) is 22.7 Å². The molecular weight excluding hydrogens is 807 g/mol. The number of esters is 1. The maximum absolute atomic E-state index is 14.4. The van der Waals surface area contributed by atoms with Crippen molar-refractivity contribution in [1.29, 1.82) is 0 Å².